The summed E-state index contributed by atoms with van der Waals surface area (Å²) in [5, 5.41) is 22.3. The second kappa shape index (κ2) is 47.7. The molecule has 4 radical (unpaired) electrons. The zero-order chi connectivity index (χ0) is 84.5. The summed E-state index contributed by atoms with van der Waals surface area (Å²) < 4.78 is 23.8. The molecular formula is C106H92Ir4N5O8Si-5. The number of rotatable bonds is 14. The van der Waals surface area contributed by atoms with Crippen LogP contribution in [0.2, 0.25) is 19.6 Å². The Morgan fingerprint density at radius 1 is 0.355 bits per heavy atom. The van der Waals surface area contributed by atoms with E-state index < -0.39 is 8.07 Å². The molecule has 124 heavy (non-hydrogen) atoms. The van der Waals surface area contributed by atoms with Crippen LogP contribution in [-0.2, 0) is 96.4 Å². The second-order valence-electron chi connectivity index (χ2n) is 30.0. The van der Waals surface area contributed by atoms with E-state index >= 15 is 0 Å². The Hall–Kier alpha value is -11.9. The molecule has 0 fully saturated rings. The summed E-state index contributed by atoms with van der Waals surface area (Å²) in [7, 11) is -1.34. The van der Waals surface area contributed by atoms with Gasteiger partial charge in [-0.15, -0.1) is 179 Å². The summed E-state index contributed by atoms with van der Waals surface area (Å²) in [5.41, 5.74) is 21.2. The smallest absolute Gasteiger partial charge is 0.155 e. The number of ketones is 2. The van der Waals surface area contributed by atoms with Gasteiger partial charge in [0.2, 0.25) is 0 Å². The zero-order valence-electron chi connectivity index (χ0n) is 70.4. The predicted octanol–water partition coefficient (Wildman–Crippen LogP) is 26.8. The van der Waals surface area contributed by atoms with Crippen LogP contribution in [-0.4, -0.2) is 54.8 Å². The Bertz CT molecular complexity index is 5930. The van der Waals surface area contributed by atoms with Crippen LogP contribution in [0.1, 0.15) is 58.2 Å². The molecule has 9 aromatic carbocycles. The van der Waals surface area contributed by atoms with E-state index in [-0.39, 0.29) is 104 Å². The van der Waals surface area contributed by atoms with Gasteiger partial charge in [-0.3, -0.25) is 9.59 Å². The summed E-state index contributed by atoms with van der Waals surface area (Å²) >= 11 is 0. The van der Waals surface area contributed by atoms with Crippen LogP contribution in [0, 0.1) is 50.1 Å². The number of aliphatic hydroxyl groups excluding tert-OH is 2. The van der Waals surface area contributed by atoms with Gasteiger partial charge in [0.15, 0.2) is 22.7 Å². The number of pyridine rings is 5. The van der Waals surface area contributed by atoms with Crippen molar-refractivity contribution in [2.45, 2.75) is 81.5 Å². The molecule has 0 aliphatic heterocycles. The molecule has 0 spiro atoms. The third-order valence-electron chi connectivity index (χ3n) is 18.7. The first-order valence-corrected chi connectivity index (χ1v) is 43.0. The summed E-state index contributed by atoms with van der Waals surface area (Å²) in [4.78, 5) is 42.7. The van der Waals surface area contributed by atoms with Gasteiger partial charge in [-0.2, -0.15) is 0 Å². The van der Waals surface area contributed by atoms with Crippen molar-refractivity contribution in [3.05, 3.63) is 387 Å². The van der Waals surface area contributed by atoms with E-state index in [2.05, 4.69) is 157 Å². The minimum Gasteiger partial charge on any atom is -0.512 e. The molecule has 9 heterocycles. The number of carbonyl (C=O) groups excluding carboxylic acids is 2. The average molecular weight is 2360 g/mol. The van der Waals surface area contributed by atoms with Gasteiger partial charge in [0.05, 0.1) is 32.0 Å². The minimum absolute atomic E-state index is 0. The zero-order valence-corrected chi connectivity index (χ0v) is 81.0. The molecule has 0 amide bonds. The molecule has 0 saturated heterocycles. The summed E-state index contributed by atoms with van der Waals surface area (Å²) in [6.45, 7) is 21.6. The maximum Gasteiger partial charge on any atom is 0.155 e. The molecule has 0 saturated carbocycles. The molecule has 2 N–H and O–H groups in total. The maximum absolute atomic E-state index is 10.0. The van der Waals surface area contributed by atoms with E-state index in [1.54, 1.807) is 12.4 Å². The van der Waals surface area contributed by atoms with Gasteiger partial charge < -0.3 is 52.8 Å². The van der Waals surface area contributed by atoms with Gasteiger partial charge >= 0.3 is 0 Å². The van der Waals surface area contributed by atoms with E-state index in [0.717, 1.165) is 152 Å². The van der Waals surface area contributed by atoms with Crippen molar-refractivity contribution in [1.29, 1.82) is 0 Å². The van der Waals surface area contributed by atoms with Crippen molar-refractivity contribution < 1.29 is 118 Å². The number of allylic oxidation sites excluding steroid dienone is 4. The average Bonchev–Trinajstić information content (AvgIpc) is 1.63. The van der Waals surface area contributed by atoms with Crippen LogP contribution in [0.3, 0.4) is 0 Å². The fourth-order valence-electron chi connectivity index (χ4n) is 13.2. The van der Waals surface area contributed by atoms with Gasteiger partial charge in [-0.25, -0.2) is 0 Å². The number of fused-ring (bicyclic) bond motifs is 4. The first kappa shape index (κ1) is 97.6. The fourth-order valence-corrected chi connectivity index (χ4v) is 14.8. The van der Waals surface area contributed by atoms with Crippen LogP contribution >= 0.6 is 0 Å². The third kappa shape index (κ3) is 27.8. The molecule has 18 heteroatoms. The molecule has 0 aliphatic carbocycles. The van der Waals surface area contributed by atoms with Crippen molar-refractivity contribution in [2.75, 3.05) is 0 Å². The van der Waals surface area contributed by atoms with Crippen molar-refractivity contribution in [2.24, 2.45) is 5.92 Å². The molecular weight excluding hydrogens is 2270 g/mol. The quantitative estimate of drug-likeness (QED) is 0.0453. The molecule has 13 nitrogen and oxygen atoms in total. The van der Waals surface area contributed by atoms with Gasteiger partial charge in [0, 0.05) is 155 Å². The minimum atomic E-state index is -1.34. The van der Waals surface area contributed by atoms with Gasteiger partial charge in [0.1, 0.15) is 34.2 Å². The van der Waals surface area contributed by atoms with E-state index in [9.17, 15) is 9.59 Å². The van der Waals surface area contributed by atoms with E-state index in [0.29, 0.717) is 5.92 Å². The number of benzene rings is 9. The molecule has 0 unspecified atom stereocenters. The Kier molecular flexibility index (Phi) is 37.5. The first-order chi connectivity index (χ1) is 58.0. The SMILES string of the molecule is CC(=O)C=C(C)O.CC(=O)C=C(C)O.CC(C)Cc1cc(-c2[c-]cccc2)ncc1[Si](C)(C)C.Cc1cccc(C)c1-c1cc2cnc(-c3[c-]cccc3)cc2o1.[Ir].[Ir].[Ir].[Ir].[c-]1ccccc1-c1cc2cc(-c3ccccc3)oc2cn1.[c-]1ccccc1-c1cc2cc(-c3ccccc3)oc2cn1.[c-]1ccccc1-c1cc2oc(-c3ccccc3)cc2cn1. The number of aryl methyl sites for hydroxylation is 2. The van der Waals surface area contributed by atoms with Crippen LogP contribution in [0.5, 0.6) is 0 Å². The van der Waals surface area contributed by atoms with Crippen LogP contribution < -0.4 is 5.19 Å². The van der Waals surface area contributed by atoms with Crippen LogP contribution in [0.25, 0.3) is 145 Å². The maximum atomic E-state index is 10.0. The Balaban J connectivity index is 0.000000184. The molecule has 9 aromatic heterocycles. The number of aliphatic hydroxyl groups is 2. The predicted molar refractivity (Wildman–Crippen MR) is 489 cm³/mol. The number of nitrogens with zero attached hydrogens (tertiary/aromatic N) is 5. The van der Waals surface area contributed by atoms with E-state index in [1.807, 2.05) is 249 Å². The topological polar surface area (TPSA) is 192 Å². The van der Waals surface area contributed by atoms with E-state index in [4.69, 9.17) is 27.9 Å². The van der Waals surface area contributed by atoms with Crippen molar-refractivity contribution >= 4 is 68.7 Å². The van der Waals surface area contributed by atoms with Crippen LogP contribution in [0.15, 0.2) is 357 Å². The molecule has 0 bridgehead atoms. The Labute approximate surface area is 780 Å². The second-order valence-corrected chi connectivity index (χ2v) is 35.0. The van der Waals surface area contributed by atoms with Crippen molar-refractivity contribution in [3.63, 3.8) is 0 Å². The summed E-state index contributed by atoms with van der Waals surface area (Å²) in [6.07, 6.45) is 12.8. The Morgan fingerprint density at radius 3 is 0.968 bits per heavy atom. The van der Waals surface area contributed by atoms with E-state index in [1.165, 1.54) is 61.7 Å². The molecule has 18 aromatic rings. The fraction of sp³-hybridized carbons (Fsp3) is 0.123. The molecule has 0 atom stereocenters. The number of hydrogen-bond donors (Lipinski definition) is 2. The normalized spacial score (nSPS) is 10.8. The first-order valence-electron chi connectivity index (χ1n) is 39.5. The van der Waals surface area contributed by atoms with Gasteiger partial charge in [0.25, 0.3) is 0 Å². The molecule has 18 rings (SSSR count). The Morgan fingerprint density at radius 2 is 0.653 bits per heavy atom. The number of furan rings is 4. The van der Waals surface area contributed by atoms with Gasteiger partial charge in [-0.05, 0) is 135 Å². The monoisotopic (exact) mass is 2360 g/mol. The summed E-state index contributed by atoms with van der Waals surface area (Å²) in [6, 6.07) is 110. The molecule has 634 valence electrons. The number of aromatic nitrogens is 5. The summed E-state index contributed by atoms with van der Waals surface area (Å²) in [5.74, 6) is 4.02. The van der Waals surface area contributed by atoms with Crippen molar-refractivity contribution in [1.82, 2.24) is 24.9 Å². The number of carbonyl (C=O) groups is 2. The number of hydrogen-bond acceptors (Lipinski definition) is 13. The van der Waals surface area contributed by atoms with Crippen LogP contribution in [0.4, 0.5) is 0 Å². The largest absolute Gasteiger partial charge is 0.512 e. The molecule has 0 aliphatic rings. The third-order valence-corrected chi connectivity index (χ3v) is 20.8. The standard InChI is InChI=1S/C21H16NO.3C19H12NO.C18H24NSi.2C5H8O2.4Ir/c1-14-7-6-8-15(2)21(14)20-11-17-13-22-18(12-19(17)23-20)16-9-4-3-5-10-16;1-3-7-14(8-4-1)17-12-19-16(13-20-17)11-18(21-19)15-9-5-2-6-10-15;2*1-3-7-14(8-4-1)17-11-16-12-18(21-19(16)13-20-17)15-9-5-2-6-10-15;1-14(2)11-16-12-17(15-9-7-6-8-10-15)19-13-18(16)20(3,4)5;2*1-4(6)3-5(2)7;;;;/h3-9,11-13H,1-2H3;3*1-7,9-13H;6-9,12-14H,11H2,1-5H3;2*3,6H,1-2H3;;;;/q5*-1;;;;;;. The van der Waals surface area contributed by atoms with Gasteiger partial charge in [-0.1, -0.05) is 166 Å². The van der Waals surface area contributed by atoms with Crippen molar-refractivity contribution in [3.8, 4) is 102 Å².